The molecule has 1 heterocycles. The van der Waals surface area contributed by atoms with E-state index in [2.05, 4.69) is 36.5 Å². The van der Waals surface area contributed by atoms with Crippen molar-refractivity contribution in [3.63, 3.8) is 0 Å². The first-order valence-corrected chi connectivity index (χ1v) is 7.59. The van der Waals surface area contributed by atoms with Gasteiger partial charge in [-0.3, -0.25) is 4.79 Å². The summed E-state index contributed by atoms with van der Waals surface area (Å²) >= 11 is 0. The van der Waals surface area contributed by atoms with Crippen LogP contribution >= 0.6 is 12.4 Å². The molecule has 1 aromatic heterocycles. The van der Waals surface area contributed by atoms with Crippen LogP contribution in [-0.2, 0) is 11.3 Å². The van der Waals surface area contributed by atoms with Crippen molar-refractivity contribution in [1.82, 2.24) is 10.5 Å². The fraction of sp³-hybridized carbons (Fsp3) is 0.412. The monoisotopic (exact) mass is 353 g/mol. The lowest BCUT2D eigenvalue weighted by Gasteiger charge is -2.14. The minimum absolute atomic E-state index is 0. The molecule has 7 heteroatoms. The van der Waals surface area contributed by atoms with E-state index in [1.165, 1.54) is 5.56 Å². The zero-order valence-electron chi connectivity index (χ0n) is 14.1. The van der Waals surface area contributed by atoms with Crippen molar-refractivity contribution < 1.29 is 14.1 Å². The van der Waals surface area contributed by atoms with Gasteiger partial charge in [0.05, 0.1) is 0 Å². The molecule has 24 heavy (non-hydrogen) atoms. The molecule has 1 amide bonds. The van der Waals surface area contributed by atoms with Crippen molar-refractivity contribution >= 4 is 18.3 Å². The van der Waals surface area contributed by atoms with Crippen molar-refractivity contribution in [3.05, 3.63) is 52.9 Å². The van der Waals surface area contributed by atoms with E-state index in [-0.39, 0.29) is 36.7 Å². The molecular weight excluding hydrogens is 330 g/mol. The Balaban J connectivity index is 0.00000288. The molecule has 0 saturated carbocycles. The molecule has 3 N–H and O–H groups in total. The molecule has 0 radical (unpaired) electrons. The van der Waals surface area contributed by atoms with Crippen LogP contribution in [0.1, 0.15) is 53.2 Å². The second-order valence-electron chi connectivity index (χ2n) is 5.75. The molecule has 0 saturated heterocycles. The van der Waals surface area contributed by atoms with E-state index in [9.17, 15) is 4.79 Å². The summed E-state index contributed by atoms with van der Waals surface area (Å²) in [7, 11) is 1.55. The number of methoxy groups -OCH3 is 1. The number of benzene rings is 1. The highest BCUT2D eigenvalue weighted by Gasteiger charge is 2.14. The number of nitrogens with zero attached hydrogens (tertiary/aromatic N) is 1. The number of halogens is 1. The van der Waals surface area contributed by atoms with Crippen LogP contribution in [0.3, 0.4) is 0 Å². The number of hydrogen-bond donors (Lipinski definition) is 2. The van der Waals surface area contributed by atoms with E-state index in [0.29, 0.717) is 18.2 Å². The predicted molar refractivity (Wildman–Crippen MR) is 94.3 cm³/mol. The van der Waals surface area contributed by atoms with Gasteiger partial charge in [-0.15, -0.1) is 12.4 Å². The van der Waals surface area contributed by atoms with Gasteiger partial charge in [0.25, 0.3) is 5.91 Å². The topological polar surface area (TPSA) is 90.4 Å². The summed E-state index contributed by atoms with van der Waals surface area (Å²) in [5.74, 6) is 0.671. The van der Waals surface area contributed by atoms with Gasteiger partial charge < -0.3 is 20.3 Å². The van der Waals surface area contributed by atoms with Crippen LogP contribution in [0.5, 0.6) is 0 Å². The maximum Gasteiger partial charge on any atom is 0.273 e. The molecule has 0 aliphatic heterocycles. The third-order valence-electron chi connectivity index (χ3n) is 3.59. The first-order chi connectivity index (χ1) is 11.0. The number of rotatable bonds is 7. The maximum absolute atomic E-state index is 12.0. The Bertz CT molecular complexity index is 641. The second-order valence-corrected chi connectivity index (χ2v) is 5.75. The molecule has 0 fully saturated rings. The summed E-state index contributed by atoms with van der Waals surface area (Å²) in [6.45, 7) is 4.89. The SMILES string of the molecule is COCc1cc(C(=O)NCC(N)c2ccc(C(C)C)cc2)no1.Cl. The van der Waals surface area contributed by atoms with Gasteiger partial charge in [-0.25, -0.2) is 0 Å². The number of aromatic nitrogens is 1. The van der Waals surface area contributed by atoms with Crippen molar-refractivity contribution in [3.8, 4) is 0 Å². The Morgan fingerprint density at radius 3 is 2.50 bits per heavy atom. The Hall–Kier alpha value is -1.89. The van der Waals surface area contributed by atoms with Gasteiger partial charge in [-0.2, -0.15) is 0 Å². The third-order valence-corrected chi connectivity index (χ3v) is 3.59. The molecule has 132 valence electrons. The average molecular weight is 354 g/mol. The summed E-state index contributed by atoms with van der Waals surface area (Å²) in [6.07, 6.45) is 0. The highest BCUT2D eigenvalue weighted by atomic mass is 35.5. The molecule has 2 rings (SSSR count). The lowest BCUT2D eigenvalue weighted by molar-refractivity contribution is 0.0941. The highest BCUT2D eigenvalue weighted by Crippen LogP contribution is 2.17. The smallest absolute Gasteiger partial charge is 0.273 e. The Labute approximate surface area is 148 Å². The quantitative estimate of drug-likeness (QED) is 0.798. The van der Waals surface area contributed by atoms with Crippen molar-refractivity contribution in [2.75, 3.05) is 13.7 Å². The molecule has 0 aliphatic carbocycles. The predicted octanol–water partition coefficient (Wildman–Crippen LogP) is 2.80. The fourth-order valence-corrected chi connectivity index (χ4v) is 2.17. The van der Waals surface area contributed by atoms with Gasteiger partial charge in [-0.1, -0.05) is 43.3 Å². The number of amides is 1. The number of nitrogens with one attached hydrogen (secondary N) is 1. The summed E-state index contributed by atoms with van der Waals surface area (Å²) in [5.41, 5.74) is 8.59. The van der Waals surface area contributed by atoms with Crippen molar-refractivity contribution in [2.24, 2.45) is 5.73 Å². The fourth-order valence-electron chi connectivity index (χ4n) is 2.17. The normalized spacial score (nSPS) is 11.9. The van der Waals surface area contributed by atoms with Crippen LogP contribution in [0.4, 0.5) is 0 Å². The molecule has 1 atom stereocenters. The van der Waals surface area contributed by atoms with Crippen LogP contribution in [-0.4, -0.2) is 24.7 Å². The summed E-state index contributed by atoms with van der Waals surface area (Å²) in [4.78, 5) is 12.0. The van der Waals surface area contributed by atoms with E-state index in [1.807, 2.05) is 12.1 Å². The standard InChI is InChI=1S/C17H23N3O3.ClH/c1-11(2)12-4-6-13(7-5-12)15(18)9-19-17(21)16-8-14(10-22-3)23-20-16;/h4-8,11,15H,9-10,18H2,1-3H3,(H,19,21);1H. The van der Waals surface area contributed by atoms with E-state index >= 15 is 0 Å². The zero-order valence-corrected chi connectivity index (χ0v) is 14.9. The number of carbonyl (C=O) groups is 1. The Kier molecular flexibility index (Phi) is 7.91. The van der Waals surface area contributed by atoms with Crippen LogP contribution < -0.4 is 11.1 Å². The van der Waals surface area contributed by atoms with Crippen LogP contribution in [0.15, 0.2) is 34.9 Å². The van der Waals surface area contributed by atoms with Crippen molar-refractivity contribution in [2.45, 2.75) is 32.4 Å². The van der Waals surface area contributed by atoms with E-state index in [1.54, 1.807) is 13.2 Å². The number of ether oxygens (including phenoxy) is 1. The van der Waals surface area contributed by atoms with Crippen LogP contribution in [0.25, 0.3) is 0 Å². The molecular formula is C17H24ClN3O3. The number of hydrogen-bond acceptors (Lipinski definition) is 5. The minimum Gasteiger partial charge on any atom is -0.377 e. The van der Waals surface area contributed by atoms with E-state index in [0.717, 1.165) is 5.56 Å². The number of nitrogens with two attached hydrogens (primary N) is 1. The molecule has 1 aromatic carbocycles. The lowest BCUT2D eigenvalue weighted by atomic mass is 9.99. The summed E-state index contributed by atoms with van der Waals surface area (Å²) in [6, 6.07) is 9.41. The summed E-state index contributed by atoms with van der Waals surface area (Å²) < 4.78 is 9.90. The molecule has 0 bridgehead atoms. The van der Waals surface area contributed by atoms with Gasteiger partial charge in [-0.05, 0) is 17.0 Å². The van der Waals surface area contributed by atoms with Gasteiger partial charge in [0.1, 0.15) is 6.61 Å². The van der Waals surface area contributed by atoms with Gasteiger partial charge >= 0.3 is 0 Å². The molecule has 1 unspecified atom stereocenters. The zero-order chi connectivity index (χ0) is 16.8. The number of carbonyl (C=O) groups excluding carboxylic acids is 1. The molecule has 2 aromatic rings. The van der Waals surface area contributed by atoms with Gasteiger partial charge in [0.2, 0.25) is 0 Å². The first kappa shape index (κ1) is 20.2. The van der Waals surface area contributed by atoms with E-state index < -0.39 is 0 Å². The molecule has 6 nitrogen and oxygen atoms in total. The largest absolute Gasteiger partial charge is 0.377 e. The van der Waals surface area contributed by atoms with Gasteiger partial charge in [0.15, 0.2) is 11.5 Å². The van der Waals surface area contributed by atoms with Gasteiger partial charge in [0, 0.05) is 25.8 Å². The second kappa shape index (κ2) is 9.42. The van der Waals surface area contributed by atoms with E-state index in [4.69, 9.17) is 15.0 Å². The minimum atomic E-state index is -0.314. The maximum atomic E-state index is 12.0. The van der Waals surface area contributed by atoms with Crippen molar-refractivity contribution in [1.29, 1.82) is 0 Å². The lowest BCUT2D eigenvalue weighted by Crippen LogP contribution is -2.32. The molecule has 0 aliphatic rings. The Morgan fingerprint density at radius 1 is 1.29 bits per heavy atom. The highest BCUT2D eigenvalue weighted by molar-refractivity contribution is 5.92. The van der Waals surface area contributed by atoms with Crippen LogP contribution in [0.2, 0.25) is 0 Å². The molecule has 0 spiro atoms. The Morgan fingerprint density at radius 2 is 1.92 bits per heavy atom. The first-order valence-electron chi connectivity index (χ1n) is 7.59. The van der Waals surface area contributed by atoms with Crippen LogP contribution in [0, 0.1) is 0 Å². The third kappa shape index (κ3) is 5.33. The average Bonchev–Trinajstić information content (AvgIpc) is 3.01. The summed E-state index contributed by atoms with van der Waals surface area (Å²) in [5, 5.41) is 6.47.